The first-order valence-corrected chi connectivity index (χ1v) is 14.7. The topological polar surface area (TPSA) is 0 Å². The Balaban J connectivity index is 1.66. The van der Waals surface area contributed by atoms with E-state index in [0.717, 1.165) is 0 Å². The largest absolute Gasteiger partial charge is 0.0590 e. The van der Waals surface area contributed by atoms with Crippen molar-refractivity contribution in [3.63, 3.8) is 0 Å². The minimum Gasteiger partial charge on any atom is -0.0590 e. The highest BCUT2D eigenvalue weighted by Gasteiger charge is 2.52. The van der Waals surface area contributed by atoms with Crippen LogP contribution in [0.4, 0.5) is 0 Å². The predicted octanol–water partition coefficient (Wildman–Crippen LogP) is 10.5. The molecule has 0 aliphatic heterocycles. The second kappa shape index (κ2) is 10.9. The maximum atomic E-state index is 2.39. The molecule has 0 N–H and O–H groups in total. The molecule has 5 aromatic rings. The van der Waals surface area contributed by atoms with Gasteiger partial charge in [-0.3, -0.25) is 0 Å². The standard InChI is InChI=1S/C40H40/c1-26-6-16-31(17-7-26)36-37(32-18-8-27(2)9-19-32)39(34-22-12-29(4)13-23-34)40(35-24-14-30(5)15-25-35)38(36)33-20-10-28(3)11-21-33/h6-25,36-40H,1-5H3. The average molecular weight is 521 g/mol. The first-order valence-electron chi connectivity index (χ1n) is 14.7. The number of hydrogen-bond donors (Lipinski definition) is 0. The van der Waals surface area contributed by atoms with E-state index >= 15 is 0 Å². The van der Waals surface area contributed by atoms with Crippen LogP contribution in [0.15, 0.2) is 121 Å². The molecule has 0 aromatic heterocycles. The normalized spacial score (nSPS) is 22.4. The van der Waals surface area contributed by atoms with Crippen molar-refractivity contribution in [1.82, 2.24) is 0 Å². The van der Waals surface area contributed by atoms with E-state index in [1.165, 1.54) is 55.6 Å². The van der Waals surface area contributed by atoms with Crippen LogP contribution in [-0.4, -0.2) is 0 Å². The molecule has 0 unspecified atom stereocenters. The summed E-state index contributed by atoms with van der Waals surface area (Å²) in [4.78, 5) is 0. The van der Waals surface area contributed by atoms with Gasteiger partial charge < -0.3 is 0 Å². The molecule has 0 bridgehead atoms. The van der Waals surface area contributed by atoms with Crippen molar-refractivity contribution in [3.05, 3.63) is 177 Å². The van der Waals surface area contributed by atoms with Crippen molar-refractivity contribution in [1.29, 1.82) is 0 Å². The van der Waals surface area contributed by atoms with Gasteiger partial charge in [-0.25, -0.2) is 0 Å². The molecule has 200 valence electrons. The molecule has 0 heterocycles. The fourth-order valence-electron chi connectivity index (χ4n) is 7.13. The van der Waals surface area contributed by atoms with Crippen LogP contribution in [0.25, 0.3) is 0 Å². The minimum atomic E-state index is 0.337. The van der Waals surface area contributed by atoms with E-state index in [1.54, 1.807) is 0 Å². The molecule has 0 amide bonds. The van der Waals surface area contributed by atoms with Crippen LogP contribution < -0.4 is 0 Å². The van der Waals surface area contributed by atoms with Crippen LogP contribution >= 0.6 is 0 Å². The van der Waals surface area contributed by atoms with Crippen molar-refractivity contribution in [3.8, 4) is 0 Å². The average Bonchev–Trinajstić information content (AvgIpc) is 3.31. The third-order valence-corrected chi connectivity index (χ3v) is 9.25. The molecule has 0 nitrogen and oxygen atoms in total. The van der Waals surface area contributed by atoms with Gasteiger partial charge >= 0.3 is 0 Å². The fourth-order valence-corrected chi connectivity index (χ4v) is 7.13. The highest BCUT2D eigenvalue weighted by atomic mass is 14.5. The summed E-state index contributed by atoms with van der Waals surface area (Å²) in [5.41, 5.74) is 13.7. The van der Waals surface area contributed by atoms with E-state index in [2.05, 4.69) is 156 Å². The molecule has 1 aliphatic carbocycles. The first kappa shape index (κ1) is 26.3. The minimum absolute atomic E-state index is 0.337. The number of hydrogen-bond acceptors (Lipinski definition) is 0. The van der Waals surface area contributed by atoms with Gasteiger partial charge in [-0.2, -0.15) is 0 Å². The smallest absolute Gasteiger partial charge is 0.00120 e. The van der Waals surface area contributed by atoms with Gasteiger partial charge in [0.05, 0.1) is 0 Å². The van der Waals surface area contributed by atoms with Gasteiger partial charge in [0.1, 0.15) is 0 Å². The lowest BCUT2D eigenvalue weighted by Crippen LogP contribution is -2.14. The van der Waals surface area contributed by atoms with Gasteiger partial charge in [-0.1, -0.05) is 149 Å². The third kappa shape index (κ3) is 5.04. The summed E-state index contributed by atoms with van der Waals surface area (Å²) in [5, 5.41) is 0. The first-order chi connectivity index (χ1) is 19.4. The molecule has 0 spiro atoms. The molecule has 0 saturated heterocycles. The summed E-state index contributed by atoms with van der Waals surface area (Å²) in [6, 6.07) is 46.9. The zero-order valence-electron chi connectivity index (χ0n) is 24.4. The number of aryl methyl sites for hydroxylation is 5. The van der Waals surface area contributed by atoms with Crippen molar-refractivity contribution < 1.29 is 0 Å². The molecular weight excluding hydrogens is 480 g/mol. The van der Waals surface area contributed by atoms with E-state index in [1.807, 2.05) is 0 Å². The van der Waals surface area contributed by atoms with Gasteiger partial charge in [0.25, 0.3) is 0 Å². The lowest BCUT2D eigenvalue weighted by molar-refractivity contribution is 0.553. The van der Waals surface area contributed by atoms with Gasteiger partial charge in [0.15, 0.2) is 0 Å². The summed E-state index contributed by atoms with van der Waals surface area (Å²) in [6.07, 6.45) is 0. The van der Waals surface area contributed by atoms with Crippen LogP contribution in [-0.2, 0) is 0 Å². The maximum absolute atomic E-state index is 2.39. The lowest BCUT2D eigenvalue weighted by Gasteiger charge is -2.29. The molecule has 1 fully saturated rings. The molecule has 5 aromatic carbocycles. The molecule has 40 heavy (non-hydrogen) atoms. The molecule has 6 rings (SSSR count). The van der Waals surface area contributed by atoms with E-state index in [4.69, 9.17) is 0 Å². The van der Waals surface area contributed by atoms with E-state index in [9.17, 15) is 0 Å². The van der Waals surface area contributed by atoms with Crippen LogP contribution in [0.2, 0.25) is 0 Å². The Labute approximate surface area is 240 Å². The third-order valence-electron chi connectivity index (χ3n) is 9.25. The molecule has 0 atom stereocenters. The van der Waals surface area contributed by atoms with Gasteiger partial charge in [0, 0.05) is 0 Å². The SMILES string of the molecule is Cc1ccc(C2C(c3ccc(C)cc3)C(c3ccc(C)cc3)C(c3ccc(C)cc3)C2c2ccc(C)cc2)cc1. The maximum Gasteiger partial charge on any atom is -0.00120 e. The fraction of sp³-hybridized carbons (Fsp3) is 0.250. The summed E-state index contributed by atoms with van der Waals surface area (Å²) >= 11 is 0. The quantitative estimate of drug-likeness (QED) is 0.216. The number of rotatable bonds is 5. The Morgan fingerprint density at radius 1 is 0.225 bits per heavy atom. The van der Waals surface area contributed by atoms with Crippen molar-refractivity contribution in [2.24, 2.45) is 0 Å². The highest BCUT2D eigenvalue weighted by molar-refractivity contribution is 5.49. The number of benzene rings is 5. The van der Waals surface area contributed by atoms with Crippen molar-refractivity contribution in [2.75, 3.05) is 0 Å². The second-order valence-corrected chi connectivity index (χ2v) is 12.2. The molecular formula is C40H40. The van der Waals surface area contributed by atoms with Crippen LogP contribution in [0.1, 0.15) is 85.2 Å². The Hall–Kier alpha value is -3.90. The zero-order chi connectivity index (χ0) is 27.8. The lowest BCUT2D eigenvalue weighted by atomic mass is 9.75. The molecule has 0 heteroatoms. The Bertz CT molecular complexity index is 1260. The molecule has 1 aliphatic rings. The zero-order valence-corrected chi connectivity index (χ0v) is 24.4. The van der Waals surface area contributed by atoms with E-state index in [-0.39, 0.29) is 0 Å². The summed E-state index contributed by atoms with van der Waals surface area (Å²) in [7, 11) is 0. The van der Waals surface area contributed by atoms with Crippen LogP contribution in [0, 0.1) is 34.6 Å². The second-order valence-electron chi connectivity index (χ2n) is 12.2. The summed E-state index contributed by atoms with van der Waals surface area (Å²) in [6.45, 7) is 11.0. The van der Waals surface area contributed by atoms with Crippen LogP contribution in [0.5, 0.6) is 0 Å². The van der Waals surface area contributed by atoms with Crippen molar-refractivity contribution >= 4 is 0 Å². The highest BCUT2D eigenvalue weighted by Crippen LogP contribution is 2.66. The Morgan fingerprint density at radius 2 is 0.350 bits per heavy atom. The Kier molecular flexibility index (Phi) is 7.20. The summed E-state index contributed by atoms with van der Waals surface area (Å²) in [5.74, 6) is 1.68. The van der Waals surface area contributed by atoms with Gasteiger partial charge in [0.2, 0.25) is 0 Å². The van der Waals surface area contributed by atoms with Gasteiger partial charge in [-0.15, -0.1) is 0 Å². The van der Waals surface area contributed by atoms with E-state index in [0.29, 0.717) is 29.6 Å². The molecule has 1 saturated carbocycles. The molecule has 0 radical (unpaired) electrons. The van der Waals surface area contributed by atoms with Crippen molar-refractivity contribution in [2.45, 2.75) is 64.2 Å². The Morgan fingerprint density at radius 3 is 0.475 bits per heavy atom. The van der Waals surface area contributed by atoms with Gasteiger partial charge in [-0.05, 0) is 92.0 Å². The summed E-state index contributed by atoms with van der Waals surface area (Å²) < 4.78 is 0. The monoisotopic (exact) mass is 520 g/mol. The van der Waals surface area contributed by atoms with Crippen LogP contribution in [0.3, 0.4) is 0 Å². The van der Waals surface area contributed by atoms with E-state index < -0.39 is 0 Å². The predicted molar refractivity (Wildman–Crippen MR) is 170 cm³/mol.